The fourth-order valence-electron chi connectivity index (χ4n) is 2.34. The second-order valence-corrected chi connectivity index (χ2v) is 5.46. The summed E-state index contributed by atoms with van der Waals surface area (Å²) in [4.78, 5) is 16.5. The van der Waals surface area contributed by atoms with Crippen molar-refractivity contribution in [3.05, 3.63) is 29.3 Å². The molecule has 27 heavy (non-hydrogen) atoms. The van der Waals surface area contributed by atoms with Gasteiger partial charge in [0, 0.05) is 6.54 Å². The molecule has 3 rings (SSSR count). The highest BCUT2D eigenvalue weighted by molar-refractivity contribution is 5.90. The Bertz CT molecular complexity index is 884. The Hall–Kier alpha value is -2.83. The topological polar surface area (TPSA) is 88.7 Å². The lowest BCUT2D eigenvalue weighted by atomic mass is 10.2. The number of morpholine rings is 1. The number of nitrogens with zero attached hydrogens (tertiary/aromatic N) is 3. The number of benzene rings is 1. The van der Waals surface area contributed by atoms with Gasteiger partial charge in [-0.15, -0.1) is 0 Å². The molecule has 13 heteroatoms. The number of phenolic OH excluding ortho intramolecular Hbond substituents is 1. The van der Waals surface area contributed by atoms with Crippen LogP contribution in [0.25, 0.3) is 11.5 Å². The summed E-state index contributed by atoms with van der Waals surface area (Å²) in [6.45, 7) is -1.38. The first-order valence-corrected chi connectivity index (χ1v) is 7.27. The Balaban J connectivity index is 1.85. The highest BCUT2D eigenvalue weighted by Crippen LogP contribution is 2.32. The SMILES string of the molecule is O=C(c1noc(-c2cc(F)c(F)c(O)c2F)n1)N1CCOC(C(F)(F)F)C1. The molecule has 1 aliphatic heterocycles. The van der Waals surface area contributed by atoms with Crippen molar-refractivity contribution < 1.29 is 45.5 Å². The molecule has 1 N–H and O–H groups in total. The van der Waals surface area contributed by atoms with Crippen molar-refractivity contribution in [2.24, 2.45) is 0 Å². The minimum atomic E-state index is -4.69. The van der Waals surface area contributed by atoms with Crippen LogP contribution in [0.2, 0.25) is 0 Å². The van der Waals surface area contributed by atoms with Crippen molar-refractivity contribution in [2.75, 3.05) is 19.7 Å². The molecule has 7 nitrogen and oxygen atoms in total. The van der Waals surface area contributed by atoms with Crippen molar-refractivity contribution >= 4 is 5.91 Å². The van der Waals surface area contributed by atoms with Crippen LogP contribution in [0.3, 0.4) is 0 Å². The van der Waals surface area contributed by atoms with Gasteiger partial charge in [0.25, 0.3) is 17.6 Å². The molecule has 1 fully saturated rings. The van der Waals surface area contributed by atoms with Gasteiger partial charge in [-0.05, 0) is 6.07 Å². The zero-order chi connectivity index (χ0) is 19.9. The van der Waals surface area contributed by atoms with Gasteiger partial charge in [-0.3, -0.25) is 4.79 Å². The number of hydrogen-bond donors (Lipinski definition) is 1. The number of phenols is 1. The molecule has 1 aromatic carbocycles. The second-order valence-electron chi connectivity index (χ2n) is 5.46. The van der Waals surface area contributed by atoms with Crippen LogP contribution in [-0.2, 0) is 4.74 Å². The minimum absolute atomic E-state index is 0.185. The number of carbonyl (C=O) groups is 1. The lowest BCUT2D eigenvalue weighted by molar-refractivity contribution is -0.233. The number of aromatic hydroxyl groups is 1. The van der Waals surface area contributed by atoms with Crippen LogP contribution in [0.4, 0.5) is 26.3 Å². The van der Waals surface area contributed by atoms with E-state index in [1.54, 1.807) is 0 Å². The van der Waals surface area contributed by atoms with E-state index in [9.17, 15) is 36.2 Å². The fourth-order valence-corrected chi connectivity index (χ4v) is 2.34. The van der Waals surface area contributed by atoms with E-state index in [4.69, 9.17) is 0 Å². The zero-order valence-electron chi connectivity index (χ0n) is 13.1. The lowest BCUT2D eigenvalue weighted by Crippen LogP contribution is -2.51. The van der Waals surface area contributed by atoms with Crippen LogP contribution in [-0.4, -0.2) is 58.0 Å². The standard InChI is InChI=1S/C14H9F6N3O4/c15-6-3-5(8(16)10(24)9(6)17)12-21-11(22-27-12)13(25)23-1-2-26-7(4-23)14(18,19)20/h3,7,24H,1-2,4H2. The van der Waals surface area contributed by atoms with Crippen molar-refractivity contribution in [1.82, 2.24) is 15.0 Å². The molecule has 0 bridgehead atoms. The highest BCUT2D eigenvalue weighted by atomic mass is 19.4. The quantitative estimate of drug-likeness (QED) is 0.618. The van der Waals surface area contributed by atoms with Gasteiger partial charge >= 0.3 is 6.18 Å². The van der Waals surface area contributed by atoms with Gasteiger partial charge in [0.05, 0.1) is 18.7 Å². The molecule has 146 valence electrons. The number of amides is 1. The molecule has 1 aliphatic rings. The highest BCUT2D eigenvalue weighted by Gasteiger charge is 2.44. The number of halogens is 6. The molecule has 2 aromatic rings. The van der Waals surface area contributed by atoms with Gasteiger partial charge in [0.1, 0.15) is 0 Å². The Morgan fingerprint density at radius 1 is 1.26 bits per heavy atom. The van der Waals surface area contributed by atoms with Gasteiger partial charge in [-0.1, -0.05) is 5.16 Å². The third kappa shape index (κ3) is 3.54. The third-order valence-corrected chi connectivity index (χ3v) is 3.70. The summed E-state index contributed by atoms with van der Waals surface area (Å²) in [6.07, 6.45) is -6.88. The van der Waals surface area contributed by atoms with Gasteiger partial charge in [0.2, 0.25) is 5.82 Å². The zero-order valence-corrected chi connectivity index (χ0v) is 13.1. The van der Waals surface area contributed by atoms with Gasteiger partial charge in [0.15, 0.2) is 23.5 Å². The molecule has 0 spiro atoms. The average molecular weight is 397 g/mol. The normalized spacial score (nSPS) is 18.0. The molecule has 0 aliphatic carbocycles. The maximum atomic E-state index is 13.9. The maximum absolute atomic E-state index is 13.9. The maximum Gasteiger partial charge on any atom is 0.416 e. The Kier molecular flexibility index (Phi) is 4.71. The van der Waals surface area contributed by atoms with E-state index in [1.807, 2.05) is 0 Å². The lowest BCUT2D eigenvalue weighted by Gasteiger charge is -2.33. The van der Waals surface area contributed by atoms with E-state index in [0.717, 1.165) is 4.90 Å². The largest absolute Gasteiger partial charge is 0.503 e. The Morgan fingerprint density at radius 3 is 2.63 bits per heavy atom. The van der Waals surface area contributed by atoms with E-state index in [-0.39, 0.29) is 13.2 Å². The number of aromatic nitrogens is 2. The van der Waals surface area contributed by atoms with E-state index in [0.29, 0.717) is 6.07 Å². The van der Waals surface area contributed by atoms with Crippen molar-refractivity contribution in [3.63, 3.8) is 0 Å². The molecule has 1 saturated heterocycles. The van der Waals surface area contributed by atoms with Gasteiger partial charge in [-0.25, -0.2) is 8.78 Å². The van der Waals surface area contributed by atoms with Crippen LogP contribution < -0.4 is 0 Å². The molecule has 1 aromatic heterocycles. The van der Waals surface area contributed by atoms with E-state index >= 15 is 0 Å². The van der Waals surface area contributed by atoms with E-state index in [2.05, 4.69) is 19.4 Å². The van der Waals surface area contributed by atoms with Crippen molar-refractivity contribution in [3.8, 4) is 17.2 Å². The van der Waals surface area contributed by atoms with Gasteiger partial charge < -0.3 is 19.3 Å². The average Bonchev–Trinajstić information content (AvgIpc) is 3.11. The molecule has 1 amide bonds. The molecule has 1 unspecified atom stereocenters. The van der Waals surface area contributed by atoms with Gasteiger partial charge in [-0.2, -0.15) is 22.5 Å². The molecular formula is C14H9F6N3O4. The predicted octanol–water partition coefficient (Wildman–Crippen LogP) is 2.26. The van der Waals surface area contributed by atoms with Crippen LogP contribution >= 0.6 is 0 Å². The summed E-state index contributed by atoms with van der Waals surface area (Å²) in [7, 11) is 0. The Labute approximate surface area is 146 Å². The fraction of sp³-hybridized carbons (Fsp3) is 0.357. The smallest absolute Gasteiger partial charge is 0.416 e. The molecule has 0 saturated carbocycles. The van der Waals surface area contributed by atoms with Crippen LogP contribution in [0.15, 0.2) is 10.6 Å². The monoisotopic (exact) mass is 397 g/mol. The predicted molar refractivity (Wildman–Crippen MR) is 73.0 cm³/mol. The minimum Gasteiger partial charge on any atom is -0.503 e. The molecule has 1 atom stereocenters. The molecular weight excluding hydrogens is 388 g/mol. The van der Waals surface area contributed by atoms with Crippen LogP contribution in [0, 0.1) is 17.5 Å². The molecule has 0 radical (unpaired) electrons. The number of hydrogen-bond acceptors (Lipinski definition) is 6. The number of rotatable bonds is 2. The second kappa shape index (κ2) is 6.72. The summed E-state index contributed by atoms with van der Waals surface area (Å²) in [5.74, 6) is -9.25. The first-order chi connectivity index (χ1) is 12.6. The number of carbonyl (C=O) groups excluding carboxylic acids is 1. The summed E-state index contributed by atoms with van der Waals surface area (Å²) in [5, 5.41) is 12.4. The molecule has 2 heterocycles. The first-order valence-electron chi connectivity index (χ1n) is 7.27. The summed E-state index contributed by atoms with van der Waals surface area (Å²) in [6, 6.07) is 0.320. The van der Waals surface area contributed by atoms with Crippen LogP contribution in [0.1, 0.15) is 10.6 Å². The number of ether oxygens (including phenoxy) is 1. The van der Waals surface area contributed by atoms with E-state index in [1.165, 1.54) is 0 Å². The summed E-state index contributed by atoms with van der Waals surface area (Å²) >= 11 is 0. The van der Waals surface area contributed by atoms with Crippen molar-refractivity contribution in [1.29, 1.82) is 0 Å². The van der Waals surface area contributed by atoms with Crippen molar-refractivity contribution in [2.45, 2.75) is 12.3 Å². The first kappa shape index (κ1) is 18.9. The Morgan fingerprint density at radius 2 is 1.96 bits per heavy atom. The number of alkyl halides is 3. The van der Waals surface area contributed by atoms with Crippen LogP contribution in [0.5, 0.6) is 5.75 Å². The van der Waals surface area contributed by atoms with E-state index < -0.39 is 65.2 Å². The summed E-state index contributed by atoms with van der Waals surface area (Å²) in [5.41, 5.74) is -0.826. The third-order valence-electron chi connectivity index (χ3n) is 3.70. The summed E-state index contributed by atoms with van der Waals surface area (Å²) < 4.78 is 87.6.